The number of nitro benzene ring substituents is 1. The molecular weight excluding hydrogens is 406 g/mol. The van der Waals surface area contributed by atoms with Crippen LogP contribution in [-0.4, -0.2) is 86.6 Å². The predicted octanol–water partition coefficient (Wildman–Crippen LogP) is 1.03. The van der Waals surface area contributed by atoms with Crippen LogP contribution in [-0.2, 0) is 20.4 Å². The van der Waals surface area contributed by atoms with Crippen molar-refractivity contribution in [1.29, 1.82) is 0 Å². The smallest absolute Gasteiger partial charge is 0.311 e. The number of piperazine rings is 1. The Morgan fingerprint density at radius 2 is 1.96 bits per heavy atom. The molecule has 0 radical (unpaired) electrons. The first kappa shape index (κ1) is 22.4. The number of carbonyl (C=O) groups is 1. The average Bonchev–Trinajstić information content (AvgIpc) is 2.66. The second kappa shape index (κ2) is 10.1. The number of hydrogen-bond acceptors (Lipinski definition) is 8. The Hall–Kier alpha value is -1.85. The molecule has 11 heteroatoms. The lowest BCUT2D eigenvalue weighted by atomic mass is 10.2. The summed E-state index contributed by atoms with van der Waals surface area (Å²) in [6.45, 7) is 2.98. The molecule has 0 atom stereocenters. The van der Waals surface area contributed by atoms with Crippen molar-refractivity contribution in [3.63, 3.8) is 0 Å². The third kappa shape index (κ3) is 6.95. The topological polar surface area (TPSA) is 110 Å². The normalized spacial score (nSPS) is 15.4. The highest BCUT2D eigenvalue weighted by Gasteiger charge is 2.22. The number of methoxy groups -OCH3 is 1. The van der Waals surface area contributed by atoms with Gasteiger partial charge in [0.1, 0.15) is 9.84 Å². The fourth-order valence-corrected chi connectivity index (χ4v) is 4.30. The maximum absolute atomic E-state index is 12.4. The first-order chi connectivity index (χ1) is 13.2. The molecule has 0 saturated carbocycles. The Morgan fingerprint density at radius 3 is 2.54 bits per heavy atom. The maximum Gasteiger partial charge on any atom is 0.311 e. The molecule has 1 aromatic carbocycles. The molecule has 0 unspecified atom stereocenters. The van der Waals surface area contributed by atoms with E-state index in [-0.39, 0.29) is 23.1 Å². The molecule has 156 valence electrons. The SMILES string of the molecule is COc1ccc(CSCC(=O)N2CCN(CCS(C)(=O)=O)CC2)cc1[N+](=O)[O-]. The van der Waals surface area contributed by atoms with Crippen LogP contribution in [0.4, 0.5) is 5.69 Å². The molecule has 0 aliphatic carbocycles. The van der Waals surface area contributed by atoms with Gasteiger partial charge in [-0.2, -0.15) is 0 Å². The molecule has 1 amide bonds. The summed E-state index contributed by atoms with van der Waals surface area (Å²) in [5.74, 6) is 1.15. The number of ether oxygens (including phenoxy) is 1. The number of thioether (sulfide) groups is 1. The number of amides is 1. The lowest BCUT2D eigenvalue weighted by molar-refractivity contribution is -0.385. The van der Waals surface area contributed by atoms with Crippen LogP contribution in [0.15, 0.2) is 18.2 Å². The van der Waals surface area contributed by atoms with Crippen LogP contribution in [0.5, 0.6) is 5.75 Å². The van der Waals surface area contributed by atoms with Crippen molar-refractivity contribution >= 4 is 33.2 Å². The third-order valence-electron chi connectivity index (χ3n) is 4.44. The van der Waals surface area contributed by atoms with Crippen molar-refractivity contribution in [2.45, 2.75) is 5.75 Å². The van der Waals surface area contributed by atoms with Crippen LogP contribution in [0.25, 0.3) is 0 Å². The fourth-order valence-electron chi connectivity index (χ4n) is 2.83. The molecule has 0 N–H and O–H groups in total. The molecule has 0 aromatic heterocycles. The molecule has 1 saturated heterocycles. The zero-order valence-corrected chi connectivity index (χ0v) is 17.6. The van der Waals surface area contributed by atoms with E-state index in [1.807, 2.05) is 0 Å². The standard InChI is InChI=1S/C17H25N3O6S2/c1-26-16-4-3-14(11-15(16)20(22)23)12-27-13-17(21)19-7-5-18(6-8-19)9-10-28(2,24)25/h3-4,11H,5-10,12-13H2,1-2H3. The molecule has 0 bridgehead atoms. The van der Waals surface area contributed by atoms with Crippen LogP contribution >= 0.6 is 11.8 Å². The first-order valence-corrected chi connectivity index (χ1v) is 12.0. The molecule has 2 rings (SSSR count). The van der Waals surface area contributed by atoms with Crippen molar-refractivity contribution < 1.29 is 22.9 Å². The largest absolute Gasteiger partial charge is 0.490 e. The van der Waals surface area contributed by atoms with Gasteiger partial charge in [-0.3, -0.25) is 19.8 Å². The summed E-state index contributed by atoms with van der Waals surface area (Å²) >= 11 is 1.41. The van der Waals surface area contributed by atoms with E-state index in [0.717, 1.165) is 5.56 Å². The van der Waals surface area contributed by atoms with E-state index >= 15 is 0 Å². The van der Waals surface area contributed by atoms with Gasteiger partial charge < -0.3 is 9.64 Å². The van der Waals surface area contributed by atoms with E-state index in [9.17, 15) is 23.3 Å². The molecule has 28 heavy (non-hydrogen) atoms. The minimum atomic E-state index is -2.98. The molecular formula is C17H25N3O6S2. The van der Waals surface area contributed by atoms with Gasteiger partial charge in [-0.15, -0.1) is 11.8 Å². The number of nitrogens with zero attached hydrogens (tertiary/aromatic N) is 3. The van der Waals surface area contributed by atoms with E-state index in [4.69, 9.17) is 4.74 Å². The van der Waals surface area contributed by atoms with Gasteiger partial charge in [0.15, 0.2) is 5.75 Å². The summed E-state index contributed by atoms with van der Waals surface area (Å²) < 4.78 is 27.5. The van der Waals surface area contributed by atoms with Crippen LogP contribution in [0.3, 0.4) is 0 Å². The summed E-state index contributed by atoms with van der Waals surface area (Å²) in [5, 5.41) is 11.1. The molecule has 1 aliphatic heterocycles. The van der Waals surface area contributed by atoms with Gasteiger partial charge in [0.2, 0.25) is 5.91 Å². The molecule has 1 heterocycles. The summed E-state index contributed by atoms with van der Waals surface area (Å²) in [6.07, 6.45) is 1.22. The van der Waals surface area contributed by atoms with Crippen molar-refractivity contribution in [2.75, 3.05) is 57.6 Å². The number of nitro groups is 1. The molecule has 1 aliphatic rings. The number of sulfone groups is 1. The highest BCUT2D eigenvalue weighted by Crippen LogP contribution is 2.29. The molecule has 0 spiro atoms. The minimum Gasteiger partial charge on any atom is -0.490 e. The number of benzene rings is 1. The van der Waals surface area contributed by atoms with Crippen LogP contribution in [0, 0.1) is 10.1 Å². The number of rotatable bonds is 9. The summed E-state index contributed by atoms with van der Waals surface area (Å²) in [7, 11) is -1.60. The molecule has 1 fully saturated rings. The van der Waals surface area contributed by atoms with Crippen LogP contribution in [0.2, 0.25) is 0 Å². The minimum absolute atomic E-state index is 0.0239. The Morgan fingerprint density at radius 1 is 1.29 bits per heavy atom. The number of carbonyl (C=O) groups excluding carboxylic acids is 1. The average molecular weight is 432 g/mol. The maximum atomic E-state index is 12.4. The van der Waals surface area contributed by atoms with Gasteiger partial charge >= 0.3 is 5.69 Å². The summed E-state index contributed by atoms with van der Waals surface area (Å²) in [5.41, 5.74) is 0.674. The van der Waals surface area contributed by atoms with E-state index in [1.54, 1.807) is 17.0 Å². The number of hydrogen-bond donors (Lipinski definition) is 0. The predicted molar refractivity (Wildman–Crippen MR) is 109 cm³/mol. The highest BCUT2D eigenvalue weighted by atomic mass is 32.2. The summed E-state index contributed by atoms with van der Waals surface area (Å²) in [6, 6.07) is 4.78. The van der Waals surface area contributed by atoms with Crippen LogP contribution < -0.4 is 4.74 Å². The Balaban J connectivity index is 1.76. The third-order valence-corrected chi connectivity index (χ3v) is 6.35. The van der Waals surface area contributed by atoms with Gasteiger partial charge in [0, 0.05) is 50.8 Å². The second-order valence-corrected chi connectivity index (χ2v) is 9.85. The summed E-state index contributed by atoms with van der Waals surface area (Å²) in [4.78, 5) is 26.8. The zero-order chi connectivity index (χ0) is 20.7. The van der Waals surface area contributed by atoms with Crippen molar-refractivity contribution in [3.8, 4) is 5.75 Å². The lowest BCUT2D eigenvalue weighted by Gasteiger charge is -2.34. The van der Waals surface area contributed by atoms with Crippen molar-refractivity contribution in [1.82, 2.24) is 9.80 Å². The van der Waals surface area contributed by atoms with Crippen molar-refractivity contribution in [2.24, 2.45) is 0 Å². The van der Waals surface area contributed by atoms with Crippen molar-refractivity contribution in [3.05, 3.63) is 33.9 Å². The van der Waals surface area contributed by atoms with E-state index < -0.39 is 14.8 Å². The fraction of sp³-hybridized carbons (Fsp3) is 0.588. The van der Waals surface area contributed by atoms with E-state index in [1.165, 1.54) is 31.2 Å². The van der Waals surface area contributed by atoms with Gasteiger partial charge in [-0.05, 0) is 11.6 Å². The van der Waals surface area contributed by atoms with Gasteiger partial charge in [0.25, 0.3) is 0 Å². The van der Waals surface area contributed by atoms with Gasteiger partial charge in [-0.25, -0.2) is 8.42 Å². The lowest BCUT2D eigenvalue weighted by Crippen LogP contribution is -2.50. The molecule has 1 aromatic rings. The Labute approximate surface area is 169 Å². The quantitative estimate of drug-likeness (QED) is 0.421. The Kier molecular flexibility index (Phi) is 8.08. The highest BCUT2D eigenvalue weighted by molar-refractivity contribution is 7.99. The first-order valence-electron chi connectivity index (χ1n) is 8.76. The monoisotopic (exact) mass is 431 g/mol. The second-order valence-electron chi connectivity index (χ2n) is 6.61. The molecule has 9 nitrogen and oxygen atoms in total. The van der Waals surface area contributed by atoms with Gasteiger partial charge in [0.05, 0.1) is 23.5 Å². The van der Waals surface area contributed by atoms with E-state index in [2.05, 4.69) is 4.90 Å². The van der Waals surface area contributed by atoms with Gasteiger partial charge in [-0.1, -0.05) is 6.07 Å². The zero-order valence-electron chi connectivity index (χ0n) is 16.0. The van der Waals surface area contributed by atoms with Crippen LogP contribution in [0.1, 0.15) is 5.56 Å². The van der Waals surface area contributed by atoms with E-state index in [0.29, 0.717) is 44.2 Å². The Bertz CT molecular complexity index is 807.